The molecule has 2 rings (SSSR count). The standard InChI is InChI=1S/C14H22N2OS/c1-5-9(3)16-13(12-8-7-10(4)18-12)15-11(6-2)14(16)17/h7-9,11,13,15H,5-6H2,1-4H3. The first-order chi connectivity index (χ1) is 8.58. The lowest BCUT2D eigenvalue weighted by Crippen LogP contribution is -2.37. The lowest BCUT2D eigenvalue weighted by molar-refractivity contribution is -0.132. The molecule has 1 aliphatic rings. The average molecular weight is 266 g/mol. The number of amides is 1. The van der Waals surface area contributed by atoms with E-state index >= 15 is 0 Å². The molecule has 1 fully saturated rings. The summed E-state index contributed by atoms with van der Waals surface area (Å²) in [7, 11) is 0. The molecule has 1 saturated heterocycles. The van der Waals surface area contributed by atoms with Crippen molar-refractivity contribution < 1.29 is 4.79 Å². The van der Waals surface area contributed by atoms with Crippen LogP contribution in [0.3, 0.4) is 0 Å². The van der Waals surface area contributed by atoms with Crippen LogP contribution in [0.1, 0.15) is 49.5 Å². The lowest BCUT2D eigenvalue weighted by Gasteiger charge is -2.29. The van der Waals surface area contributed by atoms with Crippen LogP contribution in [0.25, 0.3) is 0 Å². The second kappa shape index (κ2) is 5.41. The zero-order valence-corrected chi connectivity index (χ0v) is 12.4. The van der Waals surface area contributed by atoms with E-state index in [-0.39, 0.29) is 24.2 Å². The van der Waals surface area contributed by atoms with Crippen molar-refractivity contribution in [3.63, 3.8) is 0 Å². The van der Waals surface area contributed by atoms with E-state index in [0.29, 0.717) is 0 Å². The molecule has 0 bridgehead atoms. The summed E-state index contributed by atoms with van der Waals surface area (Å²) in [6.07, 6.45) is 1.91. The first-order valence-electron chi connectivity index (χ1n) is 6.73. The zero-order valence-electron chi connectivity index (χ0n) is 11.6. The molecule has 0 spiro atoms. The Kier molecular flexibility index (Phi) is 4.07. The van der Waals surface area contributed by atoms with Gasteiger partial charge in [-0.15, -0.1) is 11.3 Å². The molecule has 3 atom stereocenters. The highest BCUT2D eigenvalue weighted by atomic mass is 32.1. The SMILES string of the molecule is CCC1NC(c2ccc(C)s2)N(C(C)CC)C1=O. The van der Waals surface area contributed by atoms with Gasteiger partial charge >= 0.3 is 0 Å². The van der Waals surface area contributed by atoms with E-state index in [1.165, 1.54) is 9.75 Å². The van der Waals surface area contributed by atoms with Gasteiger partial charge in [-0.05, 0) is 38.8 Å². The molecule has 1 amide bonds. The van der Waals surface area contributed by atoms with Gasteiger partial charge in [0.15, 0.2) is 0 Å². The first kappa shape index (κ1) is 13.6. The number of carbonyl (C=O) groups is 1. The van der Waals surface area contributed by atoms with Gasteiger partial charge in [-0.2, -0.15) is 0 Å². The number of rotatable bonds is 4. The molecule has 1 aromatic rings. The van der Waals surface area contributed by atoms with Gasteiger partial charge in [0.05, 0.1) is 6.04 Å². The van der Waals surface area contributed by atoms with Crippen LogP contribution in [0.2, 0.25) is 0 Å². The number of aryl methyl sites for hydroxylation is 1. The number of carbonyl (C=O) groups excluding carboxylic acids is 1. The minimum Gasteiger partial charge on any atom is -0.318 e. The minimum absolute atomic E-state index is 0.0218. The Morgan fingerprint density at radius 3 is 2.67 bits per heavy atom. The molecule has 2 heterocycles. The highest BCUT2D eigenvalue weighted by molar-refractivity contribution is 7.12. The third-order valence-corrected chi connectivity index (χ3v) is 4.75. The fraction of sp³-hybridized carbons (Fsp3) is 0.643. The molecule has 0 aromatic carbocycles. The van der Waals surface area contributed by atoms with Crippen LogP contribution >= 0.6 is 11.3 Å². The van der Waals surface area contributed by atoms with Crippen LogP contribution in [0.5, 0.6) is 0 Å². The smallest absolute Gasteiger partial charge is 0.241 e. The molecule has 0 saturated carbocycles. The van der Waals surface area contributed by atoms with Crippen LogP contribution < -0.4 is 5.32 Å². The normalized spacial score (nSPS) is 25.8. The second-order valence-electron chi connectivity index (χ2n) is 4.98. The Morgan fingerprint density at radius 2 is 2.17 bits per heavy atom. The minimum atomic E-state index is -0.0218. The van der Waals surface area contributed by atoms with Crippen molar-refractivity contribution in [2.24, 2.45) is 0 Å². The third kappa shape index (κ3) is 2.31. The topological polar surface area (TPSA) is 32.3 Å². The largest absolute Gasteiger partial charge is 0.318 e. The van der Waals surface area contributed by atoms with Crippen molar-refractivity contribution in [2.75, 3.05) is 0 Å². The molecule has 18 heavy (non-hydrogen) atoms. The van der Waals surface area contributed by atoms with Gasteiger partial charge in [-0.1, -0.05) is 13.8 Å². The summed E-state index contributed by atoms with van der Waals surface area (Å²) < 4.78 is 0. The maximum atomic E-state index is 12.4. The third-order valence-electron chi connectivity index (χ3n) is 3.69. The summed E-state index contributed by atoms with van der Waals surface area (Å²) in [5, 5.41) is 3.47. The van der Waals surface area contributed by atoms with Gasteiger partial charge in [0.2, 0.25) is 5.91 Å². The summed E-state index contributed by atoms with van der Waals surface area (Å²) in [6.45, 7) is 8.43. The molecular formula is C14H22N2OS. The number of nitrogens with zero attached hydrogens (tertiary/aromatic N) is 1. The molecule has 0 aliphatic carbocycles. The maximum Gasteiger partial charge on any atom is 0.241 e. The van der Waals surface area contributed by atoms with Gasteiger partial charge in [-0.25, -0.2) is 0 Å². The Morgan fingerprint density at radius 1 is 1.44 bits per heavy atom. The maximum absolute atomic E-state index is 12.4. The molecular weight excluding hydrogens is 244 g/mol. The predicted octanol–water partition coefficient (Wildman–Crippen LogP) is 3.06. The van der Waals surface area contributed by atoms with Crippen LogP contribution in [0.4, 0.5) is 0 Å². The first-order valence-corrected chi connectivity index (χ1v) is 7.54. The number of thiophene rings is 1. The van der Waals surface area contributed by atoms with E-state index < -0.39 is 0 Å². The molecule has 1 aromatic heterocycles. The summed E-state index contributed by atoms with van der Waals surface area (Å²) >= 11 is 1.77. The molecule has 4 heteroatoms. The van der Waals surface area contributed by atoms with Crippen LogP contribution in [-0.4, -0.2) is 22.9 Å². The molecule has 100 valence electrons. The van der Waals surface area contributed by atoms with Gasteiger partial charge in [0, 0.05) is 15.8 Å². The Hall–Kier alpha value is -0.870. The van der Waals surface area contributed by atoms with Gasteiger partial charge < -0.3 is 4.90 Å². The van der Waals surface area contributed by atoms with E-state index in [4.69, 9.17) is 0 Å². The van der Waals surface area contributed by atoms with Crippen molar-refractivity contribution >= 4 is 17.2 Å². The van der Waals surface area contributed by atoms with Crippen molar-refractivity contribution in [1.29, 1.82) is 0 Å². The fourth-order valence-corrected chi connectivity index (χ4v) is 3.37. The Balaban J connectivity index is 2.29. The number of hydrogen-bond donors (Lipinski definition) is 1. The van der Waals surface area contributed by atoms with Crippen LogP contribution in [0, 0.1) is 6.92 Å². The average Bonchev–Trinajstić information content (AvgIpc) is 2.92. The zero-order chi connectivity index (χ0) is 13.3. The van der Waals surface area contributed by atoms with Crippen LogP contribution in [-0.2, 0) is 4.79 Å². The lowest BCUT2D eigenvalue weighted by atomic mass is 10.2. The van der Waals surface area contributed by atoms with Gasteiger partial charge in [-0.3, -0.25) is 10.1 Å². The molecule has 3 unspecified atom stereocenters. The number of hydrogen-bond acceptors (Lipinski definition) is 3. The fourth-order valence-electron chi connectivity index (χ4n) is 2.43. The molecule has 1 aliphatic heterocycles. The van der Waals surface area contributed by atoms with Crippen LogP contribution in [0.15, 0.2) is 12.1 Å². The summed E-state index contributed by atoms with van der Waals surface area (Å²) in [6, 6.07) is 4.53. The highest BCUT2D eigenvalue weighted by Gasteiger charge is 2.41. The molecule has 3 nitrogen and oxygen atoms in total. The monoisotopic (exact) mass is 266 g/mol. The highest BCUT2D eigenvalue weighted by Crippen LogP contribution is 2.33. The van der Waals surface area contributed by atoms with E-state index in [2.05, 4.69) is 45.1 Å². The Labute approximate surface area is 113 Å². The second-order valence-corrected chi connectivity index (χ2v) is 6.30. The van der Waals surface area contributed by atoms with Crippen molar-refractivity contribution in [3.05, 3.63) is 21.9 Å². The predicted molar refractivity (Wildman–Crippen MR) is 75.6 cm³/mol. The molecule has 0 radical (unpaired) electrons. The number of nitrogens with one attached hydrogen (secondary N) is 1. The van der Waals surface area contributed by atoms with Crippen molar-refractivity contribution in [2.45, 2.75) is 58.8 Å². The van der Waals surface area contributed by atoms with E-state index in [9.17, 15) is 4.79 Å². The summed E-state index contributed by atoms with van der Waals surface area (Å²) in [5.74, 6) is 0.253. The van der Waals surface area contributed by atoms with Crippen molar-refractivity contribution in [3.8, 4) is 0 Å². The summed E-state index contributed by atoms with van der Waals surface area (Å²) in [4.78, 5) is 17.0. The summed E-state index contributed by atoms with van der Waals surface area (Å²) in [5.41, 5.74) is 0. The van der Waals surface area contributed by atoms with E-state index in [0.717, 1.165) is 12.8 Å². The van der Waals surface area contributed by atoms with E-state index in [1.807, 2.05) is 4.90 Å². The van der Waals surface area contributed by atoms with Crippen molar-refractivity contribution in [1.82, 2.24) is 10.2 Å². The van der Waals surface area contributed by atoms with Gasteiger partial charge in [0.25, 0.3) is 0 Å². The molecule has 1 N–H and O–H groups in total. The van der Waals surface area contributed by atoms with E-state index in [1.54, 1.807) is 11.3 Å². The quantitative estimate of drug-likeness (QED) is 0.908. The Bertz CT molecular complexity index is 429. The van der Waals surface area contributed by atoms with Gasteiger partial charge in [0.1, 0.15) is 6.17 Å².